The van der Waals surface area contributed by atoms with Crippen LogP contribution in [0.1, 0.15) is 6.42 Å². The lowest BCUT2D eigenvalue weighted by atomic mass is 10.5. The molecule has 1 saturated heterocycles. The van der Waals surface area contributed by atoms with Gasteiger partial charge in [-0.25, -0.2) is 8.42 Å². The largest absolute Gasteiger partial charge is 0.284 e. The zero-order valence-corrected chi connectivity index (χ0v) is 8.27. The van der Waals surface area contributed by atoms with Crippen LogP contribution < -0.4 is 0 Å². The number of hydroxylamine groups is 1. The Labute approximate surface area is 82.3 Å². The molecule has 6 heteroatoms. The third-order valence-corrected chi connectivity index (χ3v) is 3.58. The van der Waals surface area contributed by atoms with E-state index < -0.39 is 10.0 Å². The molecule has 0 bridgehead atoms. The molecule has 2 heterocycles. The number of nitrogens with zero attached hydrogens (tertiary/aromatic N) is 2. The molecule has 1 aromatic rings. The van der Waals surface area contributed by atoms with Crippen LogP contribution in [0.3, 0.4) is 0 Å². The van der Waals surface area contributed by atoms with Gasteiger partial charge < -0.3 is 0 Å². The van der Waals surface area contributed by atoms with Crippen LogP contribution in [0.5, 0.6) is 0 Å². The Morgan fingerprint density at radius 3 is 2.93 bits per heavy atom. The first-order chi connectivity index (χ1) is 6.71. The highest BCUT2D eigenvalue weighted by atomic mass is 32.2. The average molecular weight is 214 g/mol. The van der Waals surface area contributed by atoms with Gasteiger partial charge >= 0.3 is 0 Å². The van der Waals surface area contributed by atoms with Gasteiger partial charge in [-0.05, 0) is 18.6 Å². The summed E-state index contributed by atoms with van der Waals surface area (Å²) in [4.78, 5) is 8.92. The number of rotatable bonds is 2. The van der Waals surface area contributed by atoms with Crippen molar-refractivity contribution in [1.29, 1.82) is 0 Å². The molecule has 0 saturated carbocycles. The molecular weight excluding hydrogens is 204 g/mol. The third kappa shape index (κ3) is 1.63. The quantitative estimate of drug-likeness (QED) is 0.715. The van der Waals surface area contributed by atoms with E-state index in [4.69, 9.17) is 4.84 Å². The standard InChI is InChI=1S/C8H10N2O3S/c11-14(12,10-5-2-6-13-10)8-3-1-4-9-7-8/h1,3-4,7H,2,5-6H2. The Balaban J connectivity index is 2.33. The van der Waals surface area contributed by atoms with Crippen LogP contribution in [-0.2, 0) is 14.9 Å². The normalized spacial score (nSPS) is 18.6. The number of hydrogen-bond donors (Lipinski definition) is 0. The molecular formula is C8H10N2O3S. The van der Waals surface area contributed by atoms with Crippen molar-refractivity contribution >= 4 is 10.0 Å². The molecule has 0 radical (unpaired) electrons. The fourth-order valence-corrected chi connectivity index (χ4v) is 2.49. The molecule has 0 amide bonds. The van der Waals surface area contributed by atoms with Gasteiger partial charge in [0, 0.05) is 18.9 Å². The lowest BCUT2D eigenvalue weighted by Gasteiger charge is -2.13. The molecule has 76 valence electrons. The first kappa shape index (κ1) is 9.57. The summed E-state index contributed by atoms with van der Waals surface area (Å²) in [5.74, 6) is 0. The van der Waals surface area contributed by atoms with Crippen LogP contribution >= 0.6 is 0 Å². The smallest absolute Gasteiger partial charge is 0.266 e. The Hall–Kier alpha value is -0.980. The Kier molecular flexibility index (Phi) is 2.49. The number of pyridine rings is 1. The Morgan fingerprint density at radius 1 is 1.50 bits per heavy atom. The van der Waals surface area contributed by atoms with E-state index in [1.54, 1.807) is 6.07 Å². The van der Waals surface area contributed by atoms with Crippen molar-refractivity contribution in [3.63, 3.8) is 0 Å². The summed E-state index contributed by atoms with van der Waals surface area (Å²) in [6, 6.07) is 3.09. The molecule has 0 aromatic carbocycles. The maximum atomic E-state index is 11.8. The van der Waals surface area contributed by atoms with Crippen LogP contribution in [0.15, 0.2) is 29.4 Å². The summed E-state index contributed by atoms with van der Waals surface area (Å²) >= 11 is 0. The van der Waals surface area contributed by atoms with Crippen LogP contribution in [0.2, 0.25) is 0 Å². The van der Waals surface area contributed by atoms with Crippen molar-refractivity contribution in [1.82, 2.24) is 9.45 Å². The van der Waals surface area contributed by atoms with Gasteiger partial charge in [0.25, 0.3) is 10.0 Å². The molecule has 0 aliphatic carbocycles. The minimum atomic E-state index is -3.49. The summed E-state index contributed by atoms with van der Waals surface area (Å²) in [5.41, 5.74) is 0. The number of hydrogen-bond acceptors (Lipinski definition) is 4. The van der Waals surface area contributed by atoms with Crippen molar-refractivity contribution in [3.8, 4) is 0 Å². The molecule has 0 atom stereocenters. The Morgan fingerprint density at radius 2 is 2.36 bits per heavy atom. The summed E-state index contributed by atoms with van der Waals surface area (Å²) in [5, 5.41) is 0. The number of aromatic nitrogens is 1. The van der Waals surface area contributed by atoms with E-state index >= 15 is 0 Å². The molecule has 1 aromatic heterocycles. The van der Waals surface area contributed by atoms with Crippen LogP contribution in [0.25, 0.3) is 0 Å². The van der Waals surface area contributed by atoms with Crippen molar-refractivity contribution in [2.45, 2.75) is 11.3 Å². The summed E-state index contributed by atoms with van der Waals surface area (Å²) in [6.45, 7) is 0.872. The van der Waals surface area contributed by atoms with E-state index in [0.29, 0.717) is 13.2 Å². The van der Waals surface area contributed by atoms with Crippen molar-refractivity contribution in [2.75, 3.05) is 13.2 Å². The lowest BCUT2D eigenvalue weighted by molar-refractivity contribution is -0.0284. The summed E-state index contributed by atoms with van der Waals surface area (Å²) < 4.78 is 24.6. The van der Waals surface area contributed by atoms with Gasteiger partial charge in [0.2, 0.25) is 0 Å². The predicted octanol–water partition coefficient (Wildman–Crippen LogP) is 0.408. The molecule has 0 unspecified atom stereocenters. The minimum Gasteiger partial charge on any atom is -0.284 e. The molecule has 0 N–H and O–H groups in total. The van der Waals surface area contributed by atoms with Gasteiger partial charge in [0.05, 0.1) is 6.61 Å². The van der Waals surface area contributed by atoms with Crippen molar-refractivity contribution in [2.24, 2.45) is 0 Å². The van der Waals surface area contributed by atoms with Crippen LogP contribution in [-0.4, -0.2) is 31.0 Å². The van der Waals surface area contributed by atoms with E-state index in [0.717, 1.165) is 10.9 Å². The SMILES string of the molecule is O=S(=O)(c1cccnc1)N1CCCO1. The van der Waals surface area contributed by atoms with Crippen molar-refractivity contribution in [3.05, 3.63) is 24.5 Å². The topological polar surface area (TPSA) is 59.5 Å². The van der Waals surface area contributed by atoms with E-state index in [-0.39, 0.29) is 4.90 Å². The lowest BCUT2D eigenvalue weighted by Crippen LogP contribution is -2.26. The monoisotopic (exact) mass is 214 g/mol. The van der Waals surface area contributed by atoms with E-state index in [1.165, 1.54) is 18.5 Å². The Bertz CT molecular complexity index is 398. The second-order valence-electron chi connectivity index (χ2n) is 2.91. The van der Waals surface area contributed by atoms with Gasteiger partial charge in [-0.2, -0.15) is 0 Å². The second kappa shape index (κ2) is 3.64. The van der Waals surface area contributed by atoms with E-state index in [1.807, 2.05) is 0 Å². The maximum absolute atomic E-state index is 11.8. The van der Waals surface area contributed by atoms with Gasteiger partial charge in [-0.15, -0.1) is 0 Å². The minimum absolute atomic E-state index is 0.168. The average Bonchev–Trinajstić information content (AvgIpc) is 2.72. The predicted molar refractivity (Wildman–Crippen MR) is 48.7 cm³/mol. The van der Waals surface area contributed by atoms with Gasteiger partial charge in [0.15, 0.2) is 0 Å². The van der Waals surface area contributed by atoms with Gasteiger partial charge in [0.1, 0.15) is 4.90 Å². The molecule has 14 heavy (non-hydrogen) atoms. The van der Waals surface area contributed by atoms with Crippen LogP contribution in [0.4, 0.5) is 0 Å². The molecule has 0 spiro atoms. The van der Waals surface area contributed by atoms with E-state index in [9.17, 15) is 8.42 Å². The molecule has 2 rings (SSSR count). The third-order valence-electron chi connectivity index (χ3n) is 1.92. The molecule has 1 aliphatic rings. The number of sulfonamides is 1. The molecule has 1 aliphatic heterocycles. The second-order valence-corrected chi connectivity index (χ2v) is 4.74. The van der Waals surface area contributed by atoms with Crippen LogP contribution in [0, 0.1) is 0 Å². The highest BCUT2D eigenvalue weighted by Crippen LogP contribution is 2.18. The first-order valence-corrected chi connectivity index (χ1v) is 5.71. The first-order valence-electron chi connectivity index (χ1n) is 4.27. The van der Waals surface area contributed by atoms with Gasteiger partial charge in [-0.1, -0.05) is 4.47 Å². The fraction of sp³-hybridized carbons (Fsp3) is 0.375. The fourth-order valence-electron chi connectivity index (χ4n) is 1.23. The summed E-state index contributed by atoms with van der Waals surface area (Å²) in [6.07, 6.45) is 3.58. The highest BCUT2D eigenvalue weighted by molar-refractivity contribution is 7.89. The summed E-state index contributed by atoms with van der Waals surface area (Å²) in [7, 11) is -3.49. The molecule has 5 nitrogen and oxygen atoms in total. The maximum Gasteiger partial charge on any atom is 0.266 e. The molecule has 1 fully saturated rings. The van der Waals surface area contributed by atoms with Crippen molar-refractivity contribution < 1.29 is 13.3 Å². The zero-order chi connectivity index (χ0) is 10.0. The highest BCUT2D eigenvalue weighted by Gasteiger charge is 2.28. The van der Waals surface area contributed by atoms with Gasteiger partial charge in [-0.3, -0.25) is 9.82 Å². The van der Waals surface area contributed by atoms with E-state index in [2.05, 4.69) is 4.98 Å². The zero-order valence-electron chi connectivity index (χ0n) is 7.46.